The number of hydrogen-bond acceptors (Lipinski definition) is 5. The highest BCUT2D eigenvalue weighted by Gasteiger charge is 2.52. The molecule has 0 bridgehead atoms. The van der Waals surface area contributed by atoms with Gasteiger partial charge in [0.15, 0.2) is 5.69 Å². The van der Waals surface area contributed by atoms with Crippen LogP contribution in [0.3, 0.4) is 0 Å². The molecule has 0 radical (unpaired) electrons. The molecule has 7 nitrogen and oxygen atoms in total. The molecule has 1 saturated heterocycles. The van der Waals surface area contributed by atoms with Gasteiger partial charge in [0.2, 0.25) is 5.92 Å². The van der Waals surface area contributed by atoms with E-state index >= 15 is 0 Å². The predicted molar refractivity (Wildman–Crippen MR) is 149 cm³/mol. The molecule has 2 saturated carbocycles. The Labute approximate surface area is 231 Å². The number of nitrogens with zero attached hydrogens (tertiary/aromatic N) is 4. The summed E-state index contributed by atoms with van der Waals surface area (Å²) in [5, 5.41) is 11.1. The van der Waals surface area contributed by atoms with Gasteiger partial charge in [0.05, 0.1) is 17.8 Å². The first-order valence-corrected chi connectivity index (χ1v) is 13.9. The van der Waals surface area contributed by atoms with Crippen LogP contribution in [-0.2, 0) is 6.54 Å². The van der Waals surface area contributed by atoms with Crippen molar-refractivity contribution in [2.45, 2.75) is 38.2 Å². The van der Waals surface area contributed by atoms with E-state index in [0.717, 1.165) is 47.1 Å². The zero-order valence-corrected chi connectivity index (χ0v) is 22.6. The van der Waals surface area contributed by atoms with Crippen molar-refractivity contribution in [2.24, 2.45) is 17.8 Å². The van der Waals surface area contributed by atoms with Crippen LogP contribution in [0.4, 0.5) is 8.78 Å². The number of carbonyl (C=O) groups is 1. The Morgan fingerprint density at radius 1 is 1.20 bits per heavy atom. The molecule has 2 unspecified atom stereocenters. The summed E-state index contributed by atoms with van der Waals surface area (Å²) in [4.78, 5) is 22.0. The standard InChI is InChI=1S/C31H32F2N6O/c1-38(2)15-18-9-21(14-34-13-18)19-3-6-27-26(10-19)29(37-36-27)30(40)35-22-4-5-24(28-17-39(28)16-22)25-11-20-12-31(32,33)8-7-23(20)25/h3-6,9-10,13-14,16,20,23,25H,7-8,11-12,15,17H2,1-2H3,(H,35,40)(H,36,37)/t20?,23-,25?,39?/m0/s1. The third-order valence-corrected chi connectivity index (χ3v) is 8.78. The van der Waals surface area contributed by atoms with E-state index in [1.807, 2.05) is 57.0 Å². The molecule has 206 valence electrons. The number of aromatic amines is 1. The van der Waals surface area contributed by atoms with E-state index in [9.17, 15) is 13.6 Å². The van der Waals surface area contributed by atoms with E-state index in [0.29, 0.717) is 29.6 Å². The summed E-state index contributed by atoms with van der Waals surface area (Å²) >= 11 is 0. The Morgan fingerprint density at radius 3 is 2.90 bits per heavy atom. The Balaban J connectivity index is 1.08. The Bertz CT molecular complexity index is 1600. The molecule has 2 N–H and O–H groups in total. The fourth-order valence-corrected chi connectivity index (χ4v) is 6.76. The minimum absolute atomic E-state index is 0.00235. The molecule has 3 atom stereocenters. The molecule has 4 aliphatic rings. The van der Waals surface area contributed by atoms with Gasteiger partial charge in [0, 0.05) is 54.6 Å². The molecule has 4 heterocycles. The number of benzene rings is 1. The van der Waals surface area contributed by atoms with Gasteiger partial charge < -0.3 is 15.1 Å². The maximum Gasteiger partial charge on any atom is 0.276 e. The van der Waals surface area contributed by atoms with Gasteiger partial charge in [-0.15, -0.1) is 0 Å². The number of H-pyrrole nitrogens is 1. The topological polar surface area (TPSA) is 76.9 Å². The number of fused-ring (bicyclic) bond motifs is 3. The van der Waals surface area contributed by atoms with Crippen molar-refractivity contribution in [1.29, 1.82) is 0 Å². The van der Waals surface area contributed by atoms with Crippen LogP contribution >= 0.6 is 0 Å². The number of amides is 1. The molecular weight excluding hydrogens is 510 g/mol. The van der Waals surface area contributed by atoms with Gasteiger partial charge in [0.1, 0.15) is 0 Å². The van der Waals surface area contributed by atoms with Crippen LogP contribution in [0.15, 0.2) is 72.0 Å². The number of rotatable bonds is 6. The van der Waals surface area contributed by atoms with Crippen molar-refractivity contribution < 1.29 is 13.6 Å². The average molecular weight is 543 g/mol. The molecule has 2 aliphatic carbocycles. The van der Waals surface area contributed by atoms with Crippen LogP contribution in [-0.4, -0.2) is 57.5 Å². The number of pyridine rings is 1. The molecule has 0 spiro atoms. The minimum Gasteiger partial charge on any atom is -0.342 e. The zero-order chi connectivity index (χ0) is 27.6. The smallest absolute Gasteiger partial charge is 0.276 e. The third-order valence-electron chi connectivity index (χ3n) is 8.78. The second-order valence-electron chi connectivity index (χ2n) is 11.9. The van der Waals surface area contributed by atoms with E-state index in [2.05, 4.69) is 42.4 Å². The normalized spacial score (nSPS) is 24.8. The lowest BCUT2D eigenvalue weighted by molar-refractivity contribution is -0.109. The lowest BCUT2D eigenvalue weighted by Crippen LogP contribution is -2.45. The largest absolute Gasteiger partial charge is 0.342 e. The number of carbonyl (C=O) groups excluding carboxylic acids is 1. The van der Waals surface area contributed by atoms with Gasteiger partial charge >= 0.3 is 0 Å². The van der Waals surface area contributed by atoms with E-state index in [-0.39, 0.29) is 24.7 Å². The first-order valence-electron chi connectivity index (χ1n) is 13.9. The SMILES string of the molecule is CN(C)Cc1cncc(-c2ccc3[nH]nc(C(=O)NC4=CN5CC5=C(C5CC6CC(F)(F)CC[C@@H]65)C=C4)c3c2)c1. The van der Waals surface area contributed by atoms with E-state index in [4.69, 9.17) is 0 Å². The summed E-state index contributed by atoms with van der Waals surface area (Å²) in [6, 6.07) is 8.03. The van der Waals surface area contributed by atoms with Gasteiger partial charge in [-0.05, 0) is 85.7 Å². The number of hydrogen-bond donors (Lipinski definition) is 2. The second-order valence-corrected chi connectivity index (χ2v) is 11.9. The number of alkyl halides is 2. The summed E-state index contributed by atoms with van der Waals surface area (Å²) in [7, 11) is 4.05. The second kappa shape index (κ2) is 9.37. The first-order chi connectivity index (χ1) is 19.2. The van der Waals surface area contributed by atoms with Gasteiger partial charge in [-0.2, -0.15) is 5.10 Å². The fraction of sp³-hybridized carbons (Fsp3) is 0.387. The number of aromatic nitrogens is 3. The summed E-state index contributed by atoms with van der Waals surface area (Å²) in [6.45, 7) is 1.61. The Kier molecular flexibility index (Phi) is 5.89. The molecule has 3 fully saturated rings. The number of nitrogens with one attached hydrogen (secondary N) is 2. The summed E-state index contributed by atoms with van der Waals surface area (Å²) < 4.78 is 27.7. The van der Waals surface area contributed by atoms with Gasteiger partial charge in [0.25, 0.3) is 5.91 Å². The first kappa shape index (κ1) is 25.1. The van der Waals surface area contributed by atoms with Crippen molar-refractivity contribution in [2.75, 3.05) is 20.6 Å². The fourth-order valence-electron chi connectivity index (χ4n) is 6.76. The molecular formula is C31H32F2N6O. The molecule has 1 aromatic carbocycles. The molecule has 2 aromatic heterocycles. The minimum atomic E-state index is -2.50. The quantitative estimate of drug-likeness (QED) is 0.404. The average Bonchev–Trinajstić information content (AvgIpc) is 3.55. The Hall–Kier alpha value is -3.85. The summed E-state index contributed by atoms with van der Waals surface area (Å²) in [5.41, 5.74) is 7.34. The summed E-state index contributed by atoms with van der Waals surface area (Å²) in [6.07, 6.45) is 11.1. The van der Waals surface area contributed by atoms with Crippen molar-refractivity contribution in [1.82, 2.24) is 30.3 Å². The van der Waals surface area contributed by atoms with Crippen molar-refractivity contribution in [3.05, 3.63) is 83.2 Å². The van der Waals surface area contributed by atoms with E-state index in [1.165, 1.54) is 11.3 Å². The molecule has 7 rings (SSSR count). The third kappa shape index (κ3) is 4.62. The lowest BCUT2D eigenvalue weighted by Gasteiger charge is -2.50. The number of allylic oxidation sites excluding steroid dienone is 3. The highest BCUT2D eigenvalue weighted by atomic mass is 19.3. The van der Waals surface area contributed by atoms with Crippen LogP contribution in [0.2, 0.25) is 0 Å². The number of halogens is 2. The van der Waals surface area contributed by atoms with Crippen LogP contribution in [0.1, 0.15) is 41.7 Å². The Morgan fingerprint density at radius 2 is 2.08 bits per heavy atom. The van der Waals surface area contributed by atoms with Gasteiger partial charge in [-0.3, -0.25) is 14.9 Å². The van der Waals surface area contributed by atoms with Crippen LogP contribution in [0, 0.1) is 17.8 Å². The van der Waals surface area contributed by atoms with E-state index in [1.54, 1.807) is 0 Å². The van der Waals surface area contributed by atoms with Crippen LogP contribution in [0.5, 0.6) is 0 Å². The van der Waals surface area contributed by atoms with Crippen molar-refractivity contribution in [3.63, 3.8) is 0 Å². The predicted octanol–water partition coefficient (Wildman–Crippen LogP) is 5.47. The maximum atomic E-state index is 13.8. The monoisotopic (exact) mass is 542 g/mol. The summed E-state index contributed by atoms with van der Waals surface area (Å²) in [5.74, 6) is -1.99. The van der Waals surface area contributed by atoms with Gasteiger partial charge in [-0.25, -0.2) is 8.78 Å². The molecule has 2 aliphatic heterocycles. The van der Waals surface area contributed by atoms with E-state index < -0.39 is 5.92 Å². The highest BCUT2D eigenvalue weighted by Crippen LogP contribution is 2.57. The molecule has 1 amide bonds. The van der Waals surface area contributed by atoms with Crippen LogP contribution in [0.25, 0.3) is 22.0 Å². The lowest BCUT2D eigenvalue weighted by atomic mass is 9.56. The van der Waals surface area contributed by atoms with Crippen molar-refractivity contribution >= 4 is 16.8 Å². The molecule has 3 aromatic rings. The molecule has 40 heavy (non-hydrogen) atoms. The molecule has 9 heteroatoms. The zero-order valence-electron chi connectivity index (χ0n) is 22.6. The van der Waals surface area contributed by atoms with Crippen LogP contribution < -0.4 is 5.32 Å². The van der Waals surface area contributed by atoms with Gasteiger partial charge in [-0.1, -0.05) is 12.1 Å². The van der Waals surface area contributed by atoms with Crippen molar-refractivity contribution in [3.8, 4) is 11.1 Å². The highest BCUT2D eigenvalue weighted by molar-refractivity contribution is 6.06. The maximum absolute atomic E-state index is 13.8.